The van der Waals surface area contributed by atoms with Crippen LogP contribution in [0.15, 0.2) is 42.7 Å². The van der Waals surface area contributed by atoms with Gasteiger partial charge in [0.25, 0.3) is 0 Å². The number of piperazine rings is 1. The van der Waals surface area contributed by atoms with E-state index in [4.69, 9.17) is 0 Å². The van der Waals surface area contributed by atoms with E-state index in [-0.39, 0.29) is 11.8 Å². The minimum absolute atomic E-state index is 0.107. The quantitative estimate of drug-likeness (QED) is 0.918. The molecule has 2 heterocycles. The van der Waals surface area contributed by atoms with E-state index in [2.05, 4.69) is 49.4 Å². The molecule has 6 nitrogen and oxygen atoms in total. The molecule has 0 atom stereocenters. The highest BCUT2D eigenvalue weighted by Crippen LogP contribution is 2.26. The summed E-state index contributed by atoms with van der Waals surface area (Å²) in [6.45, 7) is 3.69. The molecule has 1 N–H and O–H groups in total. The largest absolute Gasteiger partial charge is 0.368 e. The SMILES string of the molecule is O=C(Nc1cnc(N2CCN(c3ccccc3)CC2)nc1)C1CCCC1. The molecule has 0 unspecified atom stereocenters. The molecule has 6 heteroatoms. The lowest BCUT2D eigenvalue weighted by molar-refractivity contribution is -0.119. The van der Waals surface area contributed by atoms with Gasteiger partial charge in [0.2, 0.25) is 11.9 Å². The molecular formula is C20H25N5O. The van der Waals surface area contributed by atoms with Crippen molar-refractivity contribution >= 4 is 23.2 Å². The van der Waals surface area contributed by atoms with E-state index >= 15 is 0 Å². The van der Waals surface area contributed by atoms with Gasteiger partial charge in [0.15, 0.2) is 0 Å². The van der Waals surface area contributed by atoms with Crippen molar-refractivity contribution in [3.63, 3.8) is 0 Å². The Bertz CT molecular complexity index is 720. The van der Waals surface area contributed by atoms with Gasteiger partial charge in [-0.3, -0.25) is 4.79 Å². The Balaban J connectivity index is 1.32. The van der Waals surface area contributed by atoms with Gasteiger partial charge in [0.1, 0.15) is 0 Å². The molecule has 2 aromatic rings. The van der Waals surface area contributed by atoms with E-state index in [9.17, 15) is 4.79 Å². The summed E-state index contributed by atoms with van der Waals surface area (Å²) in [5.41, 5.74) is 1.95. The molecule has 1 aliphatic heterocycles. The van der Waals surface area contributed by atoms with Crippen molar-refractivity contribution < 1.29 is 4.79 Å². The van der Waals surface area contributed by atoms with Gasteiger partial charge < -0.3 is 15.1 Å². The van der Waals surface area contributed by atoms with Crippen LogP contribution in [-0.2, 0) is 4.79 Å². The molecule has 1 amide bonds. The molecule has 2 fully saturated rings. The summed E-state index contributed by atoms with van der Waals surface area (Å²) in [4.78, 5) is 25.7. The molecule has 1 aromatic heterocycles. The zero-order valence-electron chi connectivity index (χ0n) is 15.0. The normalized spacial score (nSPS) is 18.2. The molecule has 1 aromatic carbocycles. The second kappa shape index (κ2) is 7.72. The molecular weight excluding hydrogens is 326 g/mol. The minimum atomic E-state index is 0.107. The predicted molar refractivity (Wildman–Crippen MR) is 103 cm³/mol. The van der Waals surface area contributed by atoms with Crippen LogP contribution in [0.2, 0.25) is 0 Å². The number of carbonyl (C=O) groups excluding carboxylic acids is 1. The molecule has 2 aliphatic rings. The first-order valence-electron chi connectivity index (χ1n) is 9.47. The van der Waals surface area contributed by atoms with Crippen molar-refractivity contribution in [1.29, 1.82) is 0 Å². The Morgan fingerprint density at radius 2 is 1.54 bits per heavy atom. The van der Waals surface area contributed by atoms with Gasteiger partial charge in [0.05, 0.1) is 18.1 Å². The Morgan fingerprint density at radius 1 is 0.923 bits per heavy atom. The molecule has 0 radical (unpaired) electrons. The van der Waals surface area contributed by atoms with Gasteiger partial charge in [-0.15, -0.1) is 0 Å². The van der Waals surface area contributed by atoms with E-state index < -0.39 is 0 Å². The van der Waals surface area contributed by atoms with Crippen LogP contribution in [-0.4, -0.2) is 42.1 Å². The van der Waals surface area contributed by atoms with Crippen molar-refractivity contribution in [2.45, 2.75) is 25.7 Å². The number of amides is 1. The lowest BCUT2D eigenvalue weighted by atomic mass is 10.1. The lowest BCUT2D eigenvalue weighted by Crippen LogP contribution is -2.47. The Labute approximate surface area is 154 Å². The fraction of sp³-hybridized carbons (Fsp3) is 0.450. The van der Waals surface area contributed by atoms with E-state index in [1.165, 1.54) is 5.69 Å². The first-order valence-corrected chi connectivity index (χ1v) is 9.47. The van der Waals surface area contributed by atoms with Crippen LogP contribution >= 0.6 is 0 Å². The van der Waals surface area contributed by atoms with Gasteiger partial charge in [-0.25, -0.2) is 9.97 Å². The molecule has 0 spiro atoms. The maximum Gasteiger partial charge on any atom is 0.227 e. The van der Waals surface area contributed by atoms with Crippen LogP contribution in [0.1, 0.15) is 25.7 Å². The van der Waals surface area contributed by atoms with Gasteiger partial charge in [-0.1, -0.05) is 31.0 Å². The average molecular weight is 351 g/mol. The molecule has 1 aliphatic carbocycles. The fourth-order valence-electron chi connectivity index (χ4n) is 3.78. The third kappa shape index (κ3) is 3.79. The van der Waals surface area contributed by atoms with Crippen LogP contribution in [0.4, 0.5) is 17.3 Å². The third-order valence-electron chi connectivity index (χ3n) is 5.32. The van der Waals surface area contributed by atoms with E-state index in [0.717, 1.165) is 57.8 Å². The Morgan fingerprint density at radius 3 is 2.19 bits per heavy atom. The number of rotatable bonds is 4. The highest BCUT2D eigenvalue weighted by molar-refractivity contribution is 5.92. The van der Waals surface area contributed by atoms with Crippen molar-refractivity contribution in [3.8, 4) is 0 Å². The van der Waals surface area contributed by atoms with Crippen LogP contribution < -0.4 is 15.1 Å². The number of para-hydroxylation sites is 1. The zero-order valence-corrected chi connectivity index (χ0v) is 15.0. The average Bonchev–Trinajstić information content (AvgIpc) is 3.25. The summed E-state index contributed by atoms with van der Waals surface area (Å²) in [5, 5.41) is 2.95. The van der Waals surface area contributed by atoms with Crippen molar-refractivity contribution in [1.82, 2.24) is 9.97 Å². The van der Waals surface area contributed by atoms with Crippen molar-refractivity contribution in [2.24, 2.45) is 5.92 Å². The molecule has 4 rings (SSSR count). The van der Waals surface area contributed by atoms with Gasteiger partial charge in [-0.05, 0) is 25.0 Å². The van der Waals surface area contributed by atoms with E-state index in [1.807, 2.05) is 6.07 Å². The summed E-state index contributed by atoms with van der Waals surface area (Å²) in [5.74, 6) is 0.993. The summed E-state index contributed by atoms with van der Waals surface area (Å²) in [6, 6.07) is 10.5. The molecule has 0 bridgehead atoms. The standard InChI is InChI=1S/C20H25N5O/c26-19(16-6-4-5-7-16)23-17-14-21-20(22-15-17)25-12-10-24(11-13-25)18-8-2-1-3-9-18/h1-3,8-9,14-16H,4-7,10-13H2,(H,23,26). The number of hydrogen-bond acceptors (Lipinski definition) is 5. The monoisotopic (exact) mass is 351 g/mol. The van der Waals surface area contributed by atoms with E-state index in [0.29, 0.717) is 5.69 Å². The van der Waals surface area contributed by atoms with Crippen LogP contribution in [0.25, 0.3) is 0 Å². The zero-order chi connectivity index (χ0) is 17.8. The van der Waals surface area contributed by atoms with Crippen molar-refractivity contribution in [3.05, 3.63) is 42.7 Å². The fourth-order valence-corrected chi connectivity index (χ4v) is 3.78. The number of anilines is 3. The number of nitrogens with zero attached hydrogens (tertiary/aromatic N) is 4. The van der Waals surface area contributed by atoms with Gasteiger partial charge >= 0.3 is 0 Å². The first-order chi connectivity index (χ1) is 12.8. The topological polar surface area (TPSA) is 61.4 Å². The first kappa shape index (κ1) is 16.8. The summed E-state index contributed by atoms with van der Waals surface area (Å²) < 4.78 is 0. The van der Waals surface area contributed by atoms with Crippen LogP contribution in [0, 0.1) is 5.92 Å². The smallest absolute Gasteiger partial charge is 0.227 e. The molecule has 136 valence electrons. The third-order valence-corrected chi connectivity index (χ3v) is 5.32. The Hall–Kier alpha value is -2.63. The summed E-state index contributed by atoms with van der Waals surface area (Å²) >= 11 is 0. The molecule has 1 saturated heterocycles. The highest BCUT2D eigenvalue weighted by Gasteiger charge is 2.23. The number of carbonyl (C=O) groups is 1. The van der Waals surface area contributed by atoms with Crippen LogP contribution in [0.5, 0.6) is 0 Å². The molecule has 1 saturated carbocycles. The van der Waals surface area contributed by atoms with Crippen molar-refractivity contribution in [2.75, 3.05) is 41.3 Å². The number of aromatic nitrogens is 2. The number of benzene rings is 1. The maximum absolute atomic E-state index is 12.2. The minimum Gasteiger partial charge on any atom is -0.368 e. The maximum atomic E-state index is 12.2. The second-order valence-corrected chi connectivity index (χ2v) is 7.05. The van der Waals surface area contributed by atoms with Gasteiger partial charge in [0, 0.05) is 37.8 Å². The number of nitrogens with one attached hydrogen (secondary N) is 1. The molecule has 26 heavy (non-hydrogen) atoms. The van der Waals surface area contributed by atoms with E-state index in [1.54, 1.807) is 12.4 Å². The highest BCUT2D eigenvalue weighted by atomic mass is 16.1. The second-order valence-electron chi connectivity index (χ2n) is 7.05. The summed E-state index contributed by atoms with van der Waals surface area (Å²) in [7, 11) is 0. The van der Waals surface area contributed by atoms with Crippen LogP contribution in [0.3, 0.4) is 0 Å². The summed E-state index contributed by atoms with van der Waals surface area (Å²) in [6.07, 6.45) is 7.75. The number of hydrogen-bond donors (Lipinski definition) is 1. The predicted octanol–water partition coefficient (Wildman–Crippen LogP) is 2.93. The Kier molecular flexibility index (Phi) is 5.00. The lowest BCUT2D eigenvalue weighted by Gasteiger charge is -2.36. The van der Waals surface area contributed by atoms with Gasteiger partial charge in [-0.2, -0.15) is 0 Å².